The van der Waals surface area contributed by atoms with Crippen LogP contribution in [-0.2, 0) is 11.3 Å². The van der Waals surface area contributed by atoms with E-state index in [2.05, 4.69) is 4.98 Å². The van der Waals surface area contributed by atoms with Gasteiger partial charge in [0.1, 0.15) is 10.7 Å². The minimum Gasteiger partial charge on any atom is -0.305 e. The van der Waals surface area contributed by atoms with Crippen LogP contribution in [-0.4, -0.2) is 39.3 Å². The monoisotopic (exact) mass is 477 g/mol. The molecule has 30 heavy (non-hydrogen) atoms. The topological polar surface area (TPSA) is 53.5 Å². The molecule has 0 bridgehead atoms. The number of imide groups is 1. The molecule has 1 aliphatic heterocycles. The van der Waals surface area contributed by atoms with Crippen molar-refractivity contribution in [1.29, 1.82) is 0 Å². The second-order valence-electron chi connectivity index (χ2n) is 7.07. The lowest BCUT2D eigenvalue weighted by atomic mass is 10.0. The molecule has 11 heteroatoms. The van der Waals surface area contributed by atoms with E-state index in [-0.39, 0.29) is 27.3 Å². The standard InChI is InChI=1S/C19H16Cl2F3N3O2S/c1-18(2)16(28)27(17(29)26(18)9-11-5-6-25-15(21)7-11)12-3-4-14(13(20)8-12)30-10-19(22,23)24/h3-8H,9-10H2,1-2H3. The number of anilines is 1. The summed E-state index contributed by atoms with van der Waals surface area (Å²) in [6, 6.07) is 6.81. The Morgan fingerprint density at radius 2 is 1.83 bits per heavy atom. The molecule has 3 rings (SSSR count). The molecule has 1 fully saturated rings. The molecule has 2 aromatic rings. The number of rotatable bonds is 5. The predicted octanol–water partition coefficient (Wildman–Crippen LogP) is 5.79. The zero-order valence-corrected chi connectivity index (χ0v) is 18.2. The van der Waals surface area contributed by atoms with Crippen molar-refractivity contribution >= 4 is 52.6 Å². The lowest BCUT2D eigenvalue weighted by Gasteiger charge is -2.27. The smallest absolute Gasteiger partial charge is 0.305 e. The highest BCUT2D eigenvalue weighted by atomic mass is 35.5. The largest absolute Gasteiger partial charge is 0.398 e. The van der Waals surface area contributed by atoms with Gasteiger partial charge in [-0.15, -0.1) is 11.8 Å². The third-order valence-corrected chi connectivity index (χ3v) is 6.29. The molecule has 0 radical (unpaired) electrons. The molecule has 160 valence electrons. The van der Waals surface area contributed by atoms with Gasteiger partial charge >= 0.3 is 12.2 Å². The van der Waals surface area contributed by atoms with Crippen LogP contribution in [0.4, 0.5) is 23.7 Å². The molecule has 0 N–H and O–H groups in total. The Hall–Kier alpha value is -1.97. The molecule has 1 aromatic heterocycles. The Balaban J connectivity index is 1.86. The van der Waals surface area contributed by atoms with Gasteiger partial charge in [-0.2, -0.15) is 13.2 Å². The minimum atomic E-state index is -4.34. The Morgan fingerprint density at radius 3 is 2.43 bits per heavy atom. The number of hydrogen-bond acceptors (Lipinski definition) is 4. The number of carbonyl (C=O) groups excluding carboxylic acids is 2. The number of aromatic nitrogens is 1. The van der Waals surface area contributed by atoms with Crippen LogP contribution in [0.5, 0.6) is 0 Å². The molecule has 0 spiro atoms. The first-order chi connectivity index (χ1) is 13.9. The van der Waals surface area contributed by atoms with Gasteiger partial charge in [-0.1, -0.05) is 23.2 Å². The fraction of sp³-hybridized carbons (Fsp3) is 0.316. The highest BCUT2D eigenvalue weighted by molar-refractivity contribution is 7.99. The van der Waals surface area contributed by atoms with E-state index < -0.39 is 29.4 Å². The minimum absolute atomic E-state index is 0.0273. The third-order valence-electron chi connectivity index (χ3n) is 4.52. The number of benzene rings is 1. The van der Waals surface area contributed by atoms with Crippen LogP contribution >= 0.6 is 35.0 Å². The van der Waals surface area contributed by atoms with E-state index in [1.807, 2.05) is 0 Å². The number of halogens is 5. The first-order valence-corrected chi connectivity index (χ1v) is 10.4. The number of thioether (sulfide) groups is 1. The van der Waals surface area contributed by atoms with Crippen molar-refractivity contribution < 1.29 is 22.8 Å². The normalized spacial score (nSPS) is 16.5. The lowest BCUT2D eigenvalue weighted by Crippen LogP contribution is -2.43. The predicted molar refractivity (Wildman–Crippen MR) is 110 cm³/mol. The van der Waals surface area contributed by atoms with Crippen LogP contribution in [0, 0.1) is 0 Å². The number of urea groups is 1. The summed E-state index contributed by atoms with van der Waals surface area (Å²) in [5, 5.41) is 0.290. The maximum atomic E-state index is 13.1. The van der Waals surface area contributed by atoms with Crippen molar-refractivity contribution in [1.82, 2.24) is 9.88 Å². The molecule has 1 aromatic carbocycles. The highest BCUT2D eigenvalue weighted by Gasteiger charge is 2.51. The summed E-state index contributed by atoms with van der Waals surface area (Å²) in [5.74, 6) is -1.57. The molecule has 0 unspecified atom stereocenters. The van der Waals surface area contributed by atoms with Crippen molar-refractivity contribution in [3.05, 3.63) is 52.3 Å². The first kappa shape index (κ1) is 22.7. The SMILES string of the molecule is CC1(C)C(=O)N(c2ccc(SCC(F)(F)F)c(Cl)c2)C(=O)N1Cc1ccnc(Cl)c1. The van der Waals surface area contributed by atoms with E-state index in [1.54, 1.807) is 26.0 Å². The van der Waals surface area contributed by atoms with Crippen LogP contribution in [0.15, 0.2) is 41.4 Å². The maximum Gasteiger partial charge on any atom is 0.398 e. The molecule has 2 heterocycles. The fourth-order valence-corrected chi connectivity index (χ4v) is 4.17. The van der Waals surface area contributed by atoms with Gasteiger partial charge in [0, 0.05) is 17.6 Å². The molecule has 1 aliphatic rings. The Bertz CT molecular complexity index is 1000. The van der Waals surface area contributed by atoms with Crippen molar-refractivity contribution in [2.24, 2.45) is 0 Å². The maximum absolute atomic E-state index is 13.1. The summed E-state index contributed by atoms with van der Waals surface area (Å²) < 4.78 is 37.4. The van der Waals surface area contributed by atoms with E-state index in [0.717, 1.165) is 4.90 Å². The van der Waals surface area contributed by atoms with Gasteiger partial charge in [-0.25, -0.2) is 14.7 Å². The van der Waals surface area contributed by atoms with Crippen LogP contribution in [0.3, 0.4) is 0 Å². The van der Waals surface area contributed by atoms with Gasteiger partial charge in [-0.3, -0.25) is 4.79 Å². The molecule has 0 atom stereocenters. The third kappa shape index (κ3) is 4.68. The second kappa shape index (κ2) is 8.28. The summed E-state index contributed by atoms with van der Waals surface area (Å²) in [4.78, 5) is 32.5. The summed E-state index contributed by atoms with van der Waals surface area (Å²) in [5.41, 5.74) is -0.263. The Kier molecular flexibility index (Phi) is 6.27. The van der Waals surface area contributed by atoms with Gasteiger partial charge in [0.15, 0.2) is 0 Å². The van der Waals surface area contributed by atoms with Gasteiger partial charge in [0.25, 0.3) is 5.91 Å². The molecule has 5 nitrogen and oxygen atoms in total. The van der Waals surface area contributed by atoms with E-state index in [0.29, 0.717) is 17.3 Å². The van der Waals surface area contributed by atoms with Crippen LogP contribution in [0.1, 0.15) is 19.4 Å². The summed E-state index contributed by atoms with van der Waals surface area (Å²) in [7, 11) is 0. The highest BCUT2D eigenvalue weighted by Crippen LogP contribution is 2.38. The van der Waals surface area contributed by atoms with Crippen molar-refractivity contribution in [2.45, 2.75) is 37.0 Å². The Morgan fingerprint density at radius 1 is 1.13 bits per heavy atom. The molecular weight excluding hydrogens is 462 g/mol. The van der Waals surface area contributed by atoms with E-state index in [4.69, 9.17) is 23.2 Å². The zero-order valence-electron chi connectivity index (χ0n) is 15.8. The van der Waals surface area contributed by atoms with Gasteiger partial charge in [0.2, 0.25) is 0 Å². The number of hydrogen-bond donors (Lipinski definition) is 0. The van der Waals surface area contributed by atoms with Gasteiger partial charge in [-0.05, 0) is 49.7 Å². The molecule has 0 aliphatic carbocycles. The molecule has 0 saturated carbocycles. The summed E-state index contributed by atoms with van der Waals surface area (Å²) >= 11 is 12.5. The van der Waals surface area contributed by atoms with Gasteiger partial charge in [0.05, 0.1) is 16.5 Å². The average molecular weight is 478 g/mol. The number of alkyl halides is 3. The van der Waals surface area contributed by atoms with Crippen LogP contribution in [0.2, 0.25) is 10.2 Å². The molecular formula is C19H16Cl2F3N3O2S. The lowest BCUT2D eigenvalue weighted by molar-refractivity contribution is -0.123. The summed E-state index contributed by atoms with van der Waals surface area (Å²) in [6.07, 6.45) is -2.84. The quantitative estimate of drug-likeness (QED) is 0.310. The van der Waals surface area contributed by atoms with Gasteiger partial charge < -0.3 is 4.90 Å². The number of amides is 3. The number of carbonyl (C=O) groups is 2. The number of nitrogens with zero attached hydrogens (tertiary/aromatic N) is 3. The van der Waals surface area contributed by atoms with E-state index in [9.17, 15) is 22.8 Å². The van der Waals surface area contributed by atoms with Crippen LogP contribution in [0.25, 0.3) is 0 Å². The second-order valence-corrected chi connectivity index (χ2v) is 8.89. The average Bonchev–Trinajstić information content (AvgIpc) is 2.80. The van der Waals surface area contributed by atoms with Crippen molar-refractivity contribution in [3.63, 3.8) is 0 Å². The summed E-state index contributed by atoms with van der Waals surface area (Å²) in [6.45, 7) is 3.36. The first-order valence-electron chi connectivity index (χ1n) is 8.66. The molecule has 1 saturated heterocycles. The zero-order chi connectivity index (χ0) is 22.3. The fourth-order valence-electron chi connectivity index (χ4n) is 2.96. The molecule has 3 amide bonds. The van der Waals surface area contributed by atoms with Crippen LogP contribution < -0.4 is 4.90 Å². The van der Waals surface area contributed by atoms with E-state index in [1.165, 1.54) is 29.3 Å². The Labute approximate surface area is 185 Å². The van der Waals surface area contributed by atoms with E-state index >= 15 is 0 Å². The van der Waals surface area contributed by atoms with Crippen molar-refractivity contribution in [2.75, 3.05) is 10.7 Å². The number of pyridine rings is 1. The van der Waals surface area contributed by atoms with Crippen molar-refractivity contribution in [3.8, 4) is 0 Å².